The number of hydrogen-bond donors (Lipinski definition) is 1. The van der Waals surface area contributed by atoms with E-state index in [1.807, 2.05) is 6.92 Å². The van der Waals surface area contributed by atoms with Crippen molar-refractivity contribution in [3.05, 3.63) is 0 Å². The summed E-state index contributed by atoms with van der Waals surface area (Å²) >= 11 is 0. The first-order valence-electron chi connectivity index (χ1n) is 6.41. The molecule has 1 fully saturated rings. The molecule has 1 heterocycles. The number of nitrogens with one attached hydrogen (secondary N) is 1. The molecule has 1 unspecified atom stereocenters. The Kier molecular flexibility index (Phi) is 8.71. The SMILES string of the molecule is CCOCCCNCCOCC1CCCO1. The fraction of sp³-hybridized carbons (Fsp3) is 1.00. The minimum Gasteiger partial charge on any atom is -0.382 e. The van der Waals surface area contributed by atoms with Crippen LogP contribution in [-0.4, -0.2) is 52.2 Å². The molecule has 1 rings (SSSR count). The van der Waals surface area contributed by atoms with Gasteiger partial charge in [0.15, 0.2) is 0 Å². The van der Waals surface area contributed by atoms with Crippen molar-refractivity contribution in [3.63, 3.8) is 0 Å². The van der Waals surface area contributed by atoms with Crippen LogP contribution >= 0.6 is 0 Å². The third kappa shape index (κ3) is 7.17. The van der Waals surface area contributed by atoms with Gasteiger partial charge in [0.05, 0.1) is 19.3 Å². The van der Waals surface area contributed by atoms with E-state index >= 15 is 0 Å². The smallest absolute Gasteiger partial charge is 0.0809 e. The molecule has 0 amide bonds. The predicted octanol–water partition coefficient (Wildman–Crippen LogP) is 1.20. The van der Waals surface area contributed by atoms with Crippen LogP contribution in [0.15, 0.2) is 0 Å². The molecule has 4 nitrogen and oxygen atoms in total. The Morgan fingerprint density at radius 2 is 2.19 bits per heavy atom. The van der Waals surface area contributed by atoms with E-state index in [-0.39, 0.29) is 0 Å². The van der Waals surface area contributed by atoms with Crippen LogP contribution in [0.2, 0.25) is 0 Å². The third-order valence-corrected chi connectivity index (χ3v) is 2.60. The lowest BCUT2D eigenvalue weighted by molar-refractivity contribution is 0.0182. The highest BCUT2D eigenvalue weighted by Crippen LogP contribution is 2.11. The maximum Gasteiger partial charge on any atom is 0.0809 e. The minimum absolute atomic E-state index is 0.345. The first-order chi connectivity index (χ1) is 7.93. The lowest BCUT2D eigenvalue weighted by Crippen LogP contribution is -2.24. The first kappa shape index (κ1) is 13.9. The molecule has 0 saturated carbocycles. The van der Waals surface area contributed by atoms with E-state index in [1.165, 1.54) is 6.42 Å². The molecule has 4 heteroatoms. The van der Waals surface area contributed by atoms with Gasteiger partial charge in [-0.2, -0.15) is 0 Å². The van der Waals surface area contributed by atoms with Crippen LogP contribution in [-0.2, 0) is 14.2 Å². The van der Waals surface area contributed by atoms with Gasteiger partial charge in [0, 0.05) is 26.4 Å². The molecule has 1 atom stereocenters. The normalized spacial score (nSPS) is 20.4. The van der Waals surface area contributed by atoms with E-state index in [4.69, 9.17) is 14.2 Å². The van der Waals surface area contributed by atoms with Crippen LogP contribution < -0.4 is 5.32 Å². The van der Waals surface area contributed by atoms with E-state index in [2.05, 4.69) is 5.32 Å². The molecular weight excluding hydrogens is 206 g/mol. The van der Waals surface area contributed by atoms with Crippen molar-refractivity contribution < 1.29 is 14.2 Å². The van der Waals surface area contributed by atoms with Crippen LogP contribution in [0.4, 0.5) is 0 Å². The first-order valence-corrected chi connectivity index (χ1v) is 6.41. The van der Waals surface area contributed by atoms with Crippen molar-refractivity contribution in [2.24, 2.45) is 0 Å². The number of rotatable bonds is 10. The average molecular weight is 231 g/mol. The van der Waals surface area contributed by atoms with Crippen molar-refractivity contribution in [2.75, 3.05) is 46.1 Å². The zero-order valence-corrected chi connectivity index (χ0v) is 10.4. The largest absolute Gasteiger partial charge is 0.382 e. The Balaban J connectivity index is 1.71. The maximum absolute atomic E-state index is 5.53. The number of ether oxygens (including phenoxy) is 3. The second-order valence-corrected chi connectivity index (χ2v) is 4.01. The molecule has 0 aromatic heterocycles. The van der Waals surface area contributed by atoms with Gasteiger partial charge in [-0.25, -0.2) is 0 Å². The van der Waals surface area contributed by atoms with Gasteiger partial charge < -0.3 is 19.5 Å². The van der Waals surface area contributed by atoms with Crippen LogP contribution in [0.3, 0.4) is 0 Å². The van der Waals surface area contributed by atoms with Gasteiger partial charge in [0.2, 0.25) is 0 Å². The highest BCUT2D eigenvalue weighted by Gasteiger charge is 2.14. The van der Waals surface area contributed by atoms with Crippen LogP contribution in [0.25, 0.3) is 0 Å². The van der Waals surface area contributed by atoms with Gasteiger partial charge in [-0.1, -0.05) is 0 Å². The van der Waals surface area contributed by atoms with Gasteiger partial charge in [-0.05, 0) is 32.7 Å². The predicted molar refractivity (Wildman–Crippen MR) is 63.8 cm³/mol. The summed E-state index contributed by atoms with van der Waals surface area (Å²) in [7, 11) is 0. The second-order valence-electron chi connectivity index (χ2n) is 4.01. The molecule has 1 N–H and O–H groups in total. The lowest BCUT2D eigenvalue weighted by Gasteiger charge is -2.10. The summed E-state index contributed by atoms with van der Waals surface area (Å²) in [6.45, 7) is 8.03. The highest BCUT2D eigenvalue weighted by atomic mass is 16.5. The van der Waals surface area contributed by atoms with Crippen molar-refractivity contribution in [3.8, 4) is 0 Å². The summed E-state index contributed by atoms with van der Waals surface area (Å²) in [4.78, 5) is 0. The Labute approximate surface area is 98.6 Å². The monoisotopic (exact) mass is 231 g/mol. The zero-order valence-electron chi connectivity index (χ0n) is 10.4. The molecule has 1 aliphatic rings. The van der Waals surface area contributed by atoms with Gasteiger partial charge in [-0.15, -0.1) is 0 Å². The van der Waals surface area contributed by atoms with Crippen molar-refractivity contribution in [1.82, 2.24) is 5.32 Å². The second kappa shape index (κ2) is 10.0. The fourth-order valence-electron chi connectivity index (χ4n) is 1.70. The minimum atomic E-state index is 0.345. The van der Waals surface area contributed by atoms with E-state index in [1.54, 1.807) is 0 Å². The third-order valence-electron chi connectivity index (χ3n) is 2.60. The topological polar surface area (TPSA) is 39.7 Å². The van der Waals surface area contributed by atoms with Gasteiger partial charge >= 0.3 is 0 Å². The zero-order chi connectivity index (χ0) is 11.5. The summed E-state index contributed by atoms with van der Waals surface area (Å²) in [6, 6.07) is 0. The molecular formula is C12H25NO3. The average Bonchev–Trinajstić information content (AvgIpc) is 2.80. The maximum atomic E-state index is 5.53. The van der Waals surface area contributed by atoms with E-state index in [0.29, 0.717) is 6.10 Å². The summed E-state index contributed by atoms with van der Waals surface area (Å²) in [5.41, 5.74) is 0. The van der Waals surface area contributed by atoms with Crippen LogP contribution in [0, 0.1) is 0 Å². The molecule has 1 aliphatic heterocycles. The molecule has 0 radical (unpaired) electrons. The highest BCUT2D eigenvalue weighted by molar-refractivity contribution is 4.63. The van der Waals surface area contributed by atoms with Crippen molar-refractivity contribution in [2.45, 2.75) is 32.3 Å². The molecule has 16 heavy (non-hydrogen) atoms. The summed E-state index contributed by atoms with van der Waals surface area (Å²) in [6.07, 6.45) is 3.75. The van der Waals surface area contributed by atoms with Gasteiger partial charge in [0.1, 0.15) is 0 Å². The Hall–Kier alpha value is -0.160. The fourth-order valence-corrected chi connectivity index (χ4v) is 1.70. The van der Waals surface area contributed by atoms with Crippen LogP contribution in [0.1, 0.15) is 26.2 Å². The summed E-state index contributed by atoms with van der Waals surface area (Å²) in [5.74, 6) is 0. The molecule has 0 aromatic carbocycles. The molecule has 96 valence electrons. The summed E-state index contributed by atoms with van der Waals surface area (Å²) < 4.78 is 16.2. The van der Waals surface area contributed by atoms with E-state index in [9.17, 15) is 0 Å². The van der Waals surface area contributed by atoms with E-state index < -0.39 is 0 Å². The Bertz CT molecular complexity index is 149. The quantitative estimate of drug-likeness (QED) is 0.573. The standard InChI is InChI=1S/C12H25NO3/c1-2-14-8-4-6-13-7-10-15-11-12-5-3-9-16-12/h12-13H,2-11H2,1H3. The van der Waals surface area contributed by atoms with Crippen molar-refractivity contribution >= 4 is 0 Å². The van der Waals surface area contributed by atoms with Crippen LogP contribution in [0.5, 0.6) is 0 Å². The Morgan fingerprint density at radius 1 is 1.25 bits per heavy atom. The molecule has 0 bridgehead atoms. The van der Waals surface area contributed by atoms with Gasteiger partial charge in [0.25, 0.3) is 0 Å². The lowest BCUT2D eigenvalue weighted by atomic mass is 10.2. The molecule has 0 aromatic rings. The molecule has 0 spiro atoms. The van der Waals surface area contributed by atoms with Gasteiger partial charge in [-0.3, -0.25) is 0 Å². The number of hydrogen-bond acceptors (Lipinski definition) is 4. The summed E-state index contributed by atoms with van der Waals surface area (Å²) in [5, 5.41) is 3.32. The van der Waals surface area contributed by atoms with E-state index in [0.717, 1.165) is 59.0 Å². The van der Waals surface area contributed by atoms with Crippen molar-refractivity contribution in [1.29, 1.82) is 0 Å². The Morgan fingerprint density at radius 3 is 2.94 bits per heavy atom. The molecule has 0 aliphatic carbocycles. The molecule has 1 saturated heterocycles.